The van der Waals surface area contributed by atoms with Gasteiger partial charge in [0.05, 0.1) is 13.7 Å². The van der Waals surface area contributed by atoms with Gasteiger partial charge in [-0.1, -0.05) is 0 Å². The number of hydrogen-bond donors (Lipinski definition) is 3. The van der Waals surface area contributed by atoms with Crippen molar-refractivity contribution in [3.63, 3.8) is 0 Å². The molecule has 0 heterocycles. The minimum atomic E-state index is -1.34. The Hall–Kier alpha value is -1.79. The van der Waals surface area contributed by atoms with E-state index in [1.54, 1.807) is 38.3 Å². The highest BCUT2D eigenvalue weighted by Crippen LogP contribution is 2.18. The molecule has 0 saturated heterocycles. The predicted molar refractivity (Wildman–Crippen MR) is 73.8 cm³/mol. The van der Waals surface area contributed by atoms with Crippen LogP contribution < -0.4 is 14.8 Å². The summed E-state index contributed by atoms with van der Waals surface area (Å²) in [6.07, 6.45) is -0.710. The summed E-state index contributed by atoms with van der Waals surface area (Å²) in [5, 5.41) is 21.0. The van der Waals surface area contributed by atoms with Gasteiger partial charge in [-0.2, -0.15) is 0 Å². The van der Waals surface area contributed by atoms with E-state index in [2.05, 4.69) is 5.32 Å². The average Bonchev–Trinajstić information content (AvgIpc) is 2.45. The van der Waals surface area contributed by atoms with E-state index >= 15 is 0 Å². The molecule has 0 aliphatic rings. The van der Waals surface area contributed by atoms with Crippen LogP contribution in [0.1, 0.15) is 13.8 Å². The quantitative estimate of drug-likeness (QED) is 0.671. The molecule has 112 valence electrons. The number of aliphatic hydroxyl groups excluding tert-OH is 1. The number of ether oxygens (including phenoxy) is 2. The van der Waals surface area contributed by atoms with Gasteiger partial charge in [-0.15, -0.1) is 0 Å². The van der Waals surface area contributed by atoms with E-state index in [0.717, 1.165) is 0 Å². The van der Waals surface area contributed by atoms with Gasteiger partial charge in [0.15, 0.2) is 6.10 Å². The molecule has 2 unspecified atom stereocenters. The summed E-state index contributed by atoms with van der Waals surface area (Å²) >= 11 is 0. The third-order valence-electron chi connectivity index (χ3n) is 2.73. The monoisotopic (exact) mass is 283 g/mol. The first kappa shape index (κ1) is 16.3. The van der Waals surface area contributed by atoms with Crippen LogP contribution in [-0.4, -0.2) is 48.1 Å². The molecule has 2 atom stereocenters. The molecular formula is C14H21NO5. The van der Waals surface area contributed by atoms with Crippen molar-refractivity contribution in [3.8, 4) is 11.5 Å². The van der Waals surface area contributed by atoms with Crippen LogP contribution >= 0.6 is 0 Å². The molecule has 0 spiro atoms. The molecule has 1 aromatic rings. The number of amides is 1. The Labute approximate surface area is 118 Å². The number of aliphatic hydroxyl groups is 2. The Kier molecular flexibility index (Phi) is 5.79. The molecular weight excluding hydrogens is 262 g/mol. The van der Waals surface area contributed by atoms with Crippen molar-refractivity contribution in [2.45, 2.75) is 25.6 Å². The third-order valence-corrected chi connectivity index (χ3v) is 2.73. The maximum Gasteiger partial charge on any atom is 0.260 e. The van der Waals surface area contributed by atoms with E-state index in [1.165, 1.54) is 6.92 Å². The lowest BCUT2D eigenvalue weighted by molar-refractivity contribution is -0.128. The number of carbonyl (C=O) groups is 1. The first-order valence-corrected chi connectivity index (χ1v) is 6.29. The van der Waals surface area contributed by atoms with Gasteiger partial charge < -0.3 is 25.0 Å². The van der Waals surface area contributed by atoms with E-state index in [0.29, 0.717) is 11.5 Å². The van der Waals surface area contributed by atoms with E-state index in [1.807, 2.05) is 0 Å². The van der Waals surface area contributed by atoms with Crippen LogP contribution in [0.4, 0.5) is 0 Å². The minimum absolute atomic E-state index is 0.0430. The first-order valence-electron chi connectivity index (χ1n) is 6.29. The Morgan fingerprint density at radius 1 is 1.35 bits per heavy atom. The molecule has 0 fully saturated rings. The normalized spacial score (nSPS) is 15.1. The van der Waals surface area contributed by atoms with Crippen molar-refractivity contribution < 1.29 is 24.5 Å². The van der Waals surface area contributed by atoms with E-state index in [9.17, 15) is 9.90 Å². The molecule has 0 bridgehead atoms. The lowest BCUT2D eigenvalue weighted by Gasteiger charge is -2.22. The zero-order chi connectivity index (χ0) is 15.2. The van der Waals surface area contributed by atoms with Gasteiger partial charge in [-0.3, -0.25) is 4.79 Å². The molecule has 1 aromatic carbocycles. The fraction of sp³-hybridized carbons (Fsp3) is 0.500. The van der Waals surface area contributed by atoms with Gasteiger partial charge in [0, 0.05) is 6.54 Å². The highest BCUT2D eigenvalue weighted by Gasteiger charge is 2.22. The number of hydrogen-bond acceptors (Lipinski definition) is 5. The highest BCUT2D eigenvalue weighted by molar-refractivity contribution is 5.80. The number of rotatable bonds is 7. The van der Waals surface area contributed by atoms with Gasteiger partial charge in [0.1, 0.15) is 17.1 Å². The third kappa shape index (κ3) is 5.07. The van der Waals surface area contributed by atoms with Crippen LogP contribution in [0.25, 0.3) is 0 Å². The van der Waals surface area contributed by atoms with Crippen molar-refractivity contribution in [2.24, 2.45) is 0 Å². The van der Waals surface area contributed by atoms with Crippen molar-refractivity contribution in [1.29, 1.82) is 0 Å². The zero-order valence-electron chi connectivity index (χ0n) is 11.9. The lowest BCUT2D eigenvalue weighted by Crippen LogP contribution is -2.46. The van der Waals surface area contributed by atoms with Gasteiger partial charge in [-0.25, -0.2) is 0 Å². The smallest absolute Gasteiger partial charge is 0.260 e. The van der Waals surface area contributed by atoms with Crippen molar-refractivity contribution >= 4 is 5.91 Å². The van der Waals surface area contributed by atoms with Crippen LogP contribution in [0.5, 0.6) is 11.5 Å². The molecule has 0 saturated carbocycles. The SMILES string of the molecule is COc1ccc(OC(C)C(=O)NCC(C)(O)CO)cc1. The minimum Gasteiger partial charge on any atom is -0.497 e. The first-order chi connectivity index (χ1) is 9.38. The van der Waals surface area contributed by atoms with Crippen LogP contribution in [0.15, 0.2) is 24.3 Å². The maximum atomic E-state index is 11.8. The molecule has 0 aromatic heterocycles. The molecule has 0 radical (unpaired) electrons. The van der Waals surface area contributed by atoms with Crippen LogP contribution in [-0.2, 0) is 4.79 Å². The van der Waals surface area contributed by atoms with E-state index < -0.39 is 18.3 Å². The summed E-state index contributed by atoms with van der Waals surface area (Å²) in [4.78, 5) is 11.8. The van der Waals surface area contributed by atoms with Gasteiger partial charge in [0.2, 0.25) is 0 Å². The Balaban J connectivity index is 2.48. The van der Waals surface area contributed by atoms with Crippen LogP contribution in [0.2, 0.25) is 0 Å². The zero-order valence-corrected chi connectivity index (χ0v) is 11.9. The predicted octanol–water partition coefficient (Wildman–Crippen LogP) is 0.322. The Bertz CT molecular complexity index is 430. The largest absolute Gasteiger partial charge is 0.497 e. The summed E-state index contributed by atoms with van der Waals surface area (Å²) < 4.78 is 10.5. The summed E-state index contributed by atoms with van der Waals surface area (Å²) in [5.41, 5.74) is -1.34. The van der Waals surface area contributed by atoms with E-state index in [-0.39, 0.29) is 12.5 Å². The van der Waals surface area contributed by atoms with Gasteiger partial charge >= 0.3 is 0 Å². The summed E-state index contributed by atoms with van der Waals surface area (Å²) in [7, 11) is 1.57. The maximum absolute atomic E-state index is 11.8. The van der Waals surface area contributed by atoms with Gasteiger partial charge in [0.25, 0.3) is 5.91 Å². The number of methoxy groups -OCH3 is 1. The molecule has 0 aliphatic heterocycles. The summed E-state index contributed by atoms with van der Waals surface area (Å²) in [6.45, 7) is 2.56. The highest BCUT2D eigenvalue weighted by atomic mass is 16.5. The van der Waals surface area contributed by atoms with E-state index in [4.69, 9.17) is 14.6 Å². The standard InChI is InChI=1S/C14H21NO5/c1-10(13(17)15-8-14(2,18)9-16)20-12-6-4-11(19-3)5-7-12/h4-7,10,16,18H,8-9H2,1-3H3,(H,15,17). The topological polar surface area (TPSA) is 88.0 Å². The fourth-order valence-electron chi connectivity index (χ4n) is 1.39. The average molecular weight is 283 g/mol. The molecule has 20 heavy (non-hydrogen) atoms. The molecule has 6 heteroatoms. The fourth-order valence-corrected chi connectivity index (χ4v) is 1.39. The molecule has 0 aliphatic carbocycles. The second-order valence-corrected chi connectivity index (χ2v) is 4.81. The lowest BCUT2D eigenvalue weighted by atomic mass is 10.1. The molecule has 3 N–H and O–H groups in total. The van der Waals surface area contributed by atoms with Crippen molar-refractivity contribution in [1.82, 2.24) is 5.32 Å². The van der Waals surface area contributed by atoms with Crippen LogP contribution in [0, 0.1) is 0 Å². The number of carbonyl (C=O) groups excluding carboxylic acids is 1. The van der Waals surface area contributed by atoms with Crippen LogP contribution in [0.3, 0.4) is 0 Å². The summed E-state index contributed by atoms with van der Waals surface area (Å²) in [5.74, 6) is 0.880. The number of benzene rings is 1. The second-order valence-electron chi connectivity index (χ2n) is 4.81. The number of nitrogens with one attached hydrogen (secondary N) is 1. The molecule has 1 rings (SSSR count). The summed E-state index contributed by atoms with van der Waals surface area (Å²) in [6, 6.07) is 6.87. The Morgan fingerprint density at radius 3 is 2.40 bits per heavy atom. The molecule has 1 amide bonds. The van der Waals surface area contributed by atoms with Crippen molar-refractivity contribution in [3.05, 3.63) is 24.3 Å². The Morgan fingerprint density at radius 2 is 1.90 bits per heavy atom. The second kappa shape index (κ2) is 7.12. The van der Waals surface area contributed by atoms with Gasteiger partial charge in [-0.05, 0) is 38.1 Å². The molecule has 6 nitrogen and oxygen atoms in total. The van der Waals surface area contributed by atoms with Crippen molar-refractivity contribution in [2.75, 3.05) is 20.3 Å².